The van der Waals surface area contributed by atoms with E-state index >= 15 is 0 Å². The van der Waals surface area contributed by atoms with Crippen molar-refractivity contribution in [3.05, 3.63) is 24.4 Å². The van der Waals surface area contributed by atoms with Gasteiger partial charge in [0.2, 0.25) is 6.79 Å². The fourth-order valence-corrected chi connectivity index (χ4v) is 1.92. The lowest BCUT2D eigenvalue weighted by Crippen LogP contribution is -2.10. The Morgan fingerprint density at radius 3 is 2.94 bits per heavy atom. The molecular formula is C12H11NO4. The quantitative estimate of drug-likeness (QED) is 0.738. The minimum absolute atomic E-state index is 0.194. The van der Waals surface area contributed by atoms with Gasteiger partial charge in [0.15, 0.2) is 11.5 Å². The molecule has 0 radical (unpaired) electrons. The van der Waals surface area contributed by atoms with Gasteiger partial charge < -0.3 is 18.8 Å². The van der Waals surface area contributed by atoms with Gasteiger partial charge in [-0.15, -0.1) is 0 Å². The molecule has 2 aromatic rings. The third kappa shape index (κ3) is 1.60. The molecule has 1 aromatic heterocycles. The molecule has 0 unspecified atom stereocenters. The fraction of sp³-hybridized carbons (Fsp3) is 0.250. The monoisotopic (exact) mass is 233 g/mol. The minimum Gasteiger partial charge on any atom is -0.468 e. The maximum Gasteiger partial charge on any atom is 0.325 e. The summed E-state index contributed by atoms with van der Waals surface area (Å²) in [7, 11) is 1.38. The summed E-state index contributed by atoms with van der Waals surface area (Å²) in [5, 5.41) is 1.01. The lowest BCUT2D eigenvalue weighted by molar-refractivity contribution is -0.141. The van der Waals surface area contributed by atoms with Crippen molar-refractivity contribution in [1.29, 1.82) is 0 Å². The first-order chi connectivity index (χ1) is 8.28. The van der Waals surface area contributed by atoms with Crippen molar-refractivity contribution >= 4 is 16.9 Å². The molecule has 1 aliphatic rings. The van der Waals surface area contributed by atoms with Crippen LogP contribution in [0.15, 0.2) is 24.4 Å². The molecule has 0 saturated heterocycles. The van der Waals surface area contributed by atoms with E-state index in [1.807, 2.05) is 29.0 Å². The van der Waals surface area contributed by atoms with Crippen LogP contribution >= 0.6 is 0 Å². The normalized spacial score (nSPS) is 13.0. The van der Waals surface area contributed by atoms with Crippen LogP contribution in [-0.4, -0.2) is 24.4 Å². The van der Waals surface area contributed by atoms with Crippen molar-refractivity contribution in [3.63, 3.8) is 0 Å². The Kier molecular flexibility index (Phi) is 2.18. The summed E-state index contributed by atoms with van der Waals surface area (Å²) in [5.41, 5.74) is 0.930. The summed E-state index contributed by atoms with van der Waals surface area (Å²) < 4.78 is 17.1. The lowest BCUT2D eigenvalue weighted by atomic mass is 10.2. The molecule has 3 rings (SSSR count). The van der Waals surface area contributed by atoms with Crippen molar-refractivity contribution in [1.82, 2.24) is 4.57 Å². The minimum atomic E-state index is -0.278. The molecule has 0 aliphatic carbocycles. The van der Waals surface area contributed by atoms with E-state index in [0.717, 1.165) is 16.7 Å². The van der Waals surface area contributed by atoms with Crippen LogP contribution in [0.5, 0.6) is 11.5 Å². The van der Waals surface area contributed by atoms with Gasteiger partial charge in [0, 0.05) is 17.6 Å². The van der Waals surface area contributed by atoms with Crippen LogP contribution in [0.1, 0.15) is 0 Å². The second-order valence-electron chi connectivity index (χ2n) is 3.78. The predicted octanol–water partition coefficient (Wildman–Crippen LogP) is 1.54. The van der Waals surface area contributed by atoms with Crippen molar-refractivity contribution in [2.24, 2.45) is 0 Å². The number of aromatic nitrogens is 1. The van der Waals surface area contributed by atoms with E-state index in [-0.39, 0.29) is 19.3 Å². The Balaban J connectivity index is 2.06. The molecule has 0 atom stereocenters. The van der Waals surface area contributed by atoms with Gasteiger partial charge in [-0.2, -0.15) is 0 Å². The van der Waals surface area contributed by atoms with E-state index in [1.165, 1.54) is 7.11 Å². The molecule has 0 fully saturated rings. The smallest absolute Gasteiger partial charge is 0.325 e. The van der Waals surface area contributed by atoms with E-state index in [1.54, 1.807) is 0 Å². The molecule has 0 bridgehead atoms. The molecule has 0 spiro atoms. The summed E-state index contributed by atoms with van der Waals surface area (Å²) in [6, 6.07) is 5.71. The van der Waals surface area contributed by atoms with Gasteiger partial charge >= 0.3 is 5.97 Å². The Hall–Kier alpha value is -2.17. The number of hydrogen-bond donors (Lipinski definition) is 0. The van der Waals surface area contributed by atoms with Crippen molar-refractivity contribution < 1.29 is 19.0 Å². The molecule has 1 aliphatic heterocycles. The number of rotatable bonds is 2. The third-order valence-corrected chi connectivity index (χ3v) is 2.79. The van der Waals surface area contributed by atoms with Crippen LogP contribution in [0, 0.1) is 0 Å². The van der Waals surface area contributed by atoms with Gasteiger partial charge in [0.1, 0.15) is 6.54 Å². The number of carbonyl (C=O) groups is 1. The molecule has 88 valence electrons. The standard InChI is InChI=1S/C12H11NO4/c1-15-12(14)6-13-3-2-8-4-10-11(5-9(8)13)17-7-16-10/h2-5H,6-7H2,1H3. The maximum atomic E-state index is 11.3. The molecule has 17 heavy (non-hydrogen) atoms. The maximum absolute atomic E-state index is 11.3. The summed E-state index contributed by atoms with van der Waals surface area (Å²) >= 11 is 0. The molecule has 5 nitrogen and oxygen atoms in total. The van der Waals surface area contributed by atoms with Gasteiger partial charge in [-0.1, -0.05) is 0 Å². The second kappa shape index (κ2) is 3.69. The van der Waals surface area contributed by atoms with Gasteiger partial charge in [0.25, 0.3) is 0 Å². The summed E-state index contributed by atoms with van der Waals surface area (Å²) in [5.74, 6) is 1.18. The first-order valence-corrected chi connectivity index (χ1v) is 5.23. The highest BCUT2D eigenvalue weighted by molar-refractivity contribution is 5.85. The van der Waals surface area contributed by atoms with E-state index < -0.39 is 0 Å². The summed E-state index contributed by atoms with van der Waals surface area (Å²) in [6.07, 6.45) is 1.84. The molecular weight excluding hydrogens is 222 g/mol. The van der Waals surface area contributed by atoms with Crippen LogP contribution in [0.3, 0.4) is 0 Å². The van der Waals surface area contributed by atoms with Crippen molar-refractivity contribution in [3.8, 4) is 11.5 Å². The average molecular weight is 233 g/mol. The van der Waals surface area contributed by atoms with Crippen LogP contribution in [0.4, 0.5) is 0 Å². The van der Waals surface area contributed by atoms with Crippen molar-refractivity contribution in [2.75, 3.05) is 13.9 Å². The molecule has 5 heteroatoms. The Bertz CT molecular complexity index is 587. The van der Waals surface area contributed by atoms with Crippen LogP contribution in [0.2, 0.25) is 0 Å². The number of hydrogen-bond acceptors (Lipinski definition) is 4. The summed E-state index contributed by atoms with van der Waals surface area (Å²) in [4.78, 5) is 11.3. The number of fused-ring (bicyclic) bond motifs is 2. The zero-order valence-electron chi connectivity index (χ0n) is 9.30. The topological polar surface area (TPSA) is 49.7 Å². The number of esters is 1. The Morgan fingerprint density at radius 1 is 1.41 bits per heavy atom. The first-order valence-electron chi connectivity index (χ1n) is 5.23. The summed E-state index contributed by atoms with van der Waals surface area (Å²) in [6.45, 7) is 0.443. The lowest BCUT2D eigenvalue weighted by Gasteiger charge is -2.04. The zero-order valence-corrected chi connectivity index (χ0v) is 9.30. The first kappa shape index (κ1) is 10.0. The second-order valence-corrected chi connectivity index (χ2v) is 3.78. The van der Waals surface area contributed by atoms with E-state index in [0.29, 0.717) is 5.75 Å². The molecule has 0 N–H and O–H groups in total. The largest absolute Gasteiger partial charge is 0.468 e. The van der Waals surface area contributed by atoms with Gasteiger partial charge in [0.05, 0.1) is 12.6 Å². The van der Waals surface area contributed by atoms with Crippen LogP contribution in [-0.2, 0) is 16.1 Å². The number of ether oxygens (including phenoxy) is 3. The third-order valence-electron chi connectivity index (χ3n) is 2.79. The van der Waals surface area contributed by atoms with Crippen LogP contribution in [0.25, 0.3) is 10.9 Å². The highest BCUT2D eigenvalue weighted by Gasteiger charge is 2.16. The number of carbonyl (C=O) groups excluding carboxylic acids is 1. The highest BCUT2D eigenvalue weighted by Crippen LogP contribution is 2.36. The highest BCUT2D eigenvalue weighted by atomic mass is 16.7. The molecule has 0 amide bonds. The number of nitrogens with zero attached hydrogens (tertiary/aromatic N) is 1. The van der Waals surface area contributed by atoms with Crippen LogP contribution < -0.4 is 9.47 Å². The number of benzene rings is 1. The average Bonchev–Trinajstić information content (AvgIpc) is 2.93. The molecule has 2 heterocycles. The molecule has 1 aromatic carbocycles. The SMILES string of the molecule is COC(=O)Cn1ccc2cc3c(cc21)OCO3. The number of methoxy groups -OCH3 is 1. The van der Waals surface area contributed by atoms with Crippen molar-refractivity contribution in [2.45, 2.75) is 6.54 Å². The van der Waals surface area contributed by atoms with E-state index in [2.05, 4.69) is 4.74 Å². The van der Waals surface area contributed by atoms with E-state index in [9.17, 15) is 4.79 Å². The Labute approximate surface area is 97.5 Å². The Morgan fingerprint density at radius 2 is 2.18 bits per heavy atom. The van der Waals surface area contributed by atoms with Gasteiger partial charge in [-0.05, 0) is 12.1 Å². The van der Waals surface area contributed by atoms with E-state index in [4.69, 9.17) is 9.47 Å². The zero-order chi connectivity index (χ0) is 11.8. The predicted molar refractivity (Wildman–Crippen MR) is 60.1 cm³/mol. The van der Waals surface area contributed by atoms with Gasteiger partial charge in [-0.3, -0.25) is 4.79 Å². The molecule has 0 saturated carbocycles. The fourth-order valence-electron chi connectivity index (χ4n) is 1.92. The van der Waals surface area contributed by atoms with Gasteiger partial charge in [-0.25, -0.2) is 0 Å².